The molecule has 3 nitrogen and oxygen atoms in total. The zero-order chi connectivity index (χ0) is 22.5. The average molecular weight is 476 g/mol. The average Bonchev–Trinajstić information content (AvgIpc) is 2.74. The van der Waals surface area contributed by atoms with Gasteiger partial charge in [-0.25, -0.2) is 0 Å². The maximum atomic E-state index is 7.57. The molecule has 1 N–H and O–H groups in total. The van der Waals surface area contributed by atoms with Crippen molar-refractivity contribution in [1.29, 1.82) is 0 Å². The van der Waals surface area contributed by atoms with E-state index in [-0.39, 0.29) is 38.2 Å². The Labute approximate surface area is 204 Å². The van der Waals surface area contributed by atoms with E-state index < -0.39 is 0 Å². The molecule has 2 rings (SSSR count). The molecule has 0 aliphatic rings. The first-order chi connectivity index (χ1) is 14.4. The van der Waals surface area contributed by atoms with E-state index in [9.17, 15) is 0 Å². The van der Waals surface area contributed by atoms with Crippen LogP contribution in [0.25, 0.3) is 10.6 Å². The minimum Gasteiger partial charge on any atom is -0.681 e. The zero-order valence-electron chi connectivity index (χ0n) is 20.9. The summed E-state index contributed by atoms with van der Waals surface area (Å²) in [7, 11) is 0. The number of benzene rings is 2. The molecule has 2 aromatic carbocycles. The van der Waals surface area contributed by atoms with Crippen LogP contribution in [0.2, 0.25) is 0 Å². The Bertz CT molecular complexity index is 642. The molecule has 0 aliphatic carbocycles. The molecule has 0 radical (unpaired) electrons. The van der Waals surface area contributed by atoms with Crippen LogP contribution in [0, 0.1) is 0 Å². The number of aryl methyl sites for hydroxylation is 4. The quantitative estimate of drug-likeness (QED) is 0.350. The second-order valence-electron chi connectivity index (χ2n) is 7.77. The number of para-hydroxylation sites is 2. The molecule has 0 amide bonds. The summed E-state index contributed by atoms with van der Waals surface area (Å²) in [5, 5.41) is 17.8. The van der Waals surface area contributed by atoms with Gasteiger partial charge < -0.3 is 15.7 Å². The SMILES string of the molecule is CCO.CCc1cccc(CC)c1[N-]C(C)CC(C)[N-]c1c(CC)cccc1CC.[Zn+2]. The van der Waals surface area contributed by atoms with Crippen LogP contribution in [0.3, 0.4) is 0 Å². The van der Waals surface area contributed by atoms with Gasteiger partial charge in [0.25, 0.3) is 0 Å². The second kappa shape index (κ2) is 16.3. The van der Waals surface area contributed by atoms with Crippen molar-refractivity contribution in [3.63, 3.8) is 0 Å². The molecule has 0 saturated heterocycles. The van der Waals surface area contributed by atoms with E-state index >= 15 is 0 Å². The van der Waals surface area contributed by atoms with E-state index in [1.807, 2.05) is 0 Å². The molecule has 0 saturated carbocycles. The van der Waals surface area contributed by atoms with Gasteiger partial charge in [0.1, 0.15) is 0 Å². The molecule has 31 heavy (non-hydrogen) atoms. The van der Waals surface area contributed by atoms with Crippen LogP contribution in [0.5, 0.6) is 0 Å². The van der Waals surface area contributed by atoms with Crippen LogP contribution in [-0.2, 0) is 45.2 Å². The minimum absolute atomic E-state index is 0. The van der Waals surface area contributed by atoms with Gasteiger partial charge in [-0.3, -0.25) is 0 Å². The number of aliphatic hydroxyl groups is 1. The zero-order valence-corrected chi connectivity index (χ0v) is 23.9. The maximum Gasteiger partial charge on any atom is 2.00 e. The Balaban J connectivity index is 0.00000212. The predicted octanol–water partition coefficient (Wildman–Crippen LogP) is 7.81. The van der Waals surface area contributed by atoms with Crippen molar-refractivity contribution in [2.24, 2.45) is 0 Å². The fraction of sp³-hybridized carbons (Fsp3) is 0.556. The Morgan fingerprint density at radius 3 is 1.13 bits per heavy atom. The first-order valence-electron chi connectivity index (χ1n) is 11.7. The third-order valence-corrected chi connectivity index (χ3v) is 5.31. The van der Waals surface area contributed by atoms with Gasteiger partial charge in [0.2, 0.25) is 0 Å². The summed E-state index contributed by atoms with van der Waals surface area (Å²) in [4.78, 5) is 0. The monoisotopic (exact) mass is 474 g/mol. The van der Waals surface area contributed by atoms with Crippen molar-refractivity contribution in [3.8, 4) is 0 Å². The van der Waals surface area contributed by atoms with Crippen LogP contribution in [0.4, 0.5) is 11.4 Å². The van der Waals surface area contributed by atoms with Gasteiger partial charge in [0.15, 0.2) is 0 Å². The van der Waals surface area contributed by atoms with Gasteiger partial charge in [0, 0.05) is 6.61 Å². The normalized spacial score (nSPS) is 12.1. The summed E-state index contributed by atoms with van der Waals surface area (Å²) in [6.07, 6.45) is 5.10. The molecule has 0 heterocycles. The topological polar surface area (TPSA) is 48.4 Å². The Kier molecular flexibility index (Phi) is 15.6. The summed E-state index contributed by atoms with van der Waals surface area (Å²) >= 11 is 0. The van der Waals surface area contributed by atoms with Gasteiger partial charge in [-0.2, -0.15) is 0 Å². The van der Waals surface area contributed by atoms with Crippen LogP contribution in [0.15, 0.2) is 36.4 Å². The number of aliphatic hydroxyl groups excluding tert-OH is 1. The van der Waals surface area contributed by atoms with Gasteiger partial charge in [0.05, 0.1) is 0 Å². The number of nitrogens with zero attached hydrogens (tertiary/aromatic N) is 2. The summed E-state index contributed by atoms with van der Waals surface area (Å²) in [6.45, 7) is 15.2. The van der Waals surface area contributed by atoms with E-state index in [1.165, 1.54) is 33.6 Å². The van der Waals surface area contributed by atoms with E-state index in [2.05, 4.69) is 77.9 Å². The molecule has 0 fully saturated rings. The van der Waals surface area contributed by atoms with Gasteiger partial charge >= 0.3 is 19.5 Å². The third-order valence-electron chi connectivity index (χ3n) is 5.31. The number of rotatable bonds is 10. The smallest absolute Gasteiger partial charge is 0.681 e. The summed E-state index contributed by atoms with van der Waals surface area (Å²) in [5.41, 5.74) is 7.85. The van der Waals surface area contributed by atoms with Gasteiger partial charge in [-0.05, 0) is 32.6 Å². The molecule has 0 aromatic heterocycles. The molecule has 2 aromatic rings. The van der Waals surface area contributed by atoms with E-state index in [4.69, 9.17) is 15.7 Å². The molecule has 2 atom stereocenters. The molecule has 0 aliphatic heterocycles. The fourth-order valence-corrected chi connectivity index (χ4v) is 3.80. The number of hydrogen-bond acceptors (Lipinski definition) is 1. The van der Waals surface area contributed by atoms with Crippen molar-refractivity contribution < 1.29 is 24.6 Å². The summed E-state index contributed by atoms with van der Waals surface area (Å²) < 4.78 is 0. The standard InChI is InChI=1S/C25H36N2.C2H6O.Zn/c1-7-20-13-11-14-21(8-2)24(20)26-18(5)17-19(6)27-25-22(9-3)15-12-16-23(25)10-4;1-2-3;/h11-16,18-19H,7-10,17H2,1-6H3;3H,2H2,1H3;/q-2;;+2. The molecule has 2 unspecified atom stereocenters. The molecule has 168 valence electrons. The van der Waals surface area contributed by atoms with Gasteiger partial charge in [-0.15, -0.1) is 23.5 Å². The third kappa shape index (κ3) is 9.33. The first-order valence-corrected chi connectivity index (χ1v) is 11.7. The Morgan fingerprint density at radius 2 is 0.903 bits per heavy atom. The predicted molar refractivity (Wildman–Crippen MR) is 133 cm³/mol. The van der Waals surface area contributed by atoms with E-state index in [0.29, 0.717) is 0 Å². The first kappa shape index (κ1) is 29.6. The van der Waals surface area contributed by atoms with Crippen LogP contribution < -0.4 is 0 Å². The second-order valence-corrected chi connectivity index (χ2v) is 7.77. The number of hydrogen-bond donors (Lipinski definition) is 1. The largest absolute Gasteiger partial charge is 2.00 e. The van der Waals surface area contributed by atoms with E-state index in [1.54, 1.807) is 6.92 Å². The molecular formula is C27H42N2OZn. The maximum absolute atomic E-state index is 7.57. The molecule has 0 spiro atoms. The Morgan fingerprint density at radius 1 is 0.645 bits per heavy atom. The molecular weight excluding hydrogens is 434 g/mol. The van der Waals surface area contributed by atoms with Crippen LogP contribution in [0.1, 0.15) is 77.1 Å². The summed E-state index contributed by atoms with van der Waals surface area (Å²) in [5.74, 6) is 0. The van der Waals surface area contributed by atoms with Crippen molar-refractivity contribution in [1.82, 2.24) is 0 Å². The van der Waals surface area contributed by atoms with Crippen molar-refractivity contribution in [3.05, 3.63) is 69.3 Å². The summed E-state index contributed by atoms with van der Waals surface area (Å²) in [6, 6.07) is 13.7. The van der Waals surface area contributed by atoms with Gasteiger partial charge in [-0.1, -0.05) is 107 Å². The fourth-order valence-electron chi connectivity index (χ4n) is 3.80. The van der Waals surface area contributed by atoms with Crippen molar-refractivity contribution >= 4 is 11.4 Å². The minimum atomic E-state index is 0. The molecule has 0 bridgehead atoms. The van der Waals surface area contributed by atoms with E-state index in [0.717, 1.165) is 32.1 Å². The van der Waals surface area contributed by atoms with Crippen LogP contribution >= 0.6 is 0 Å². The Hall–Kier alpha value is -1.38. The van der Waals surface area contributed by atoms with Crippen molar-refractivity contribution in [2.45, 2.75) is 92.7 Å². The van der Waals surface area contributed by atoms with Crippen molar-refractivity contribution in [2.75, 3.05) is 6.61 Å². The van der Waals surface area contributed by atoms with Crippen LogP contribution in [-0.4, -0.2) is 23.8 Å². The molecule has 4 heteroatoms.